The zero-order chi connectivity index (χ0) is 28.7. The summed E-state index contributed by atoms with van der Waals surface area (Å²) in [5.41, 5.74) is 1.47. The third kappa shape index (κ3) is 5.28. The molecule has 0 aliphatic rings. The van der Waals surface area contributed by atoms with E-state index in [1.165, 1.54) is 6.07 Å². The van der Waals surface area contributed by atoms with Crippen molar-refractivity contribution < 1.29 is 18.0 Å². The lowest BCUT2D eigenvalue weighted by Crippen LogP contribution is -2.16. The number of hydrogen-bond acceptors (Lipinski definition) is 4. The molecule has 0 spiro atoms. The fourth-order valence-corrected chi connectivity index (χ4v) is 4.78. The van der Waals surface area contributed by atoms with Crippen LogP contribution in [0.2, 0.25) is 0 Å². The van der Waals surface area contributed by atoms with Crippen molar-refractivity contribution in [1.82, 2.24) is 24.4 Å². The minimum atomic E-state index is -4.71. The molecule has 206 valence electrons. The third-order valence-electron chi connectivity index (χ3n) is 6.92. The minimum absolute atomic E-state index is 0.0885. The summed E-state index contributed by atoms with van der Waals surface area (Å²) in [4.78, 5) is 17.4. The fraction of sp³-hybridized carbons (Fsp3) is 0.161. The van der Waals surface area contributed by atoms with Crippen molar-refractivity contribution in [2.45, 2.75) is 32.5 Å². The molecule has 0 saturated heterocycles. The maximum atomic E-state index is 14.0. The van der Waals surface area contributed by atoms with Crippen LogP contribution in [0.5, 0.6) is 0 Å². The molecule has 3 heterocycles. The number of nitrogens with zero attached hydrogens (tertiary/aromatic N) is 5. The number of carbonyl (C=O) groups excluding carboxylic acids is 1. The zero-order valence-corrected chi connectivity index (χ0v) is 22.2. The average molecular weight is 555 g/mol. The Balaban J connectivity index is 1.26. The molecule has 7 nitrogen and oxygen atoms in total. The monoisotopic (exact) mass is 554 g/mol. The second-order valence-corrected chi connectivity index (χ2v) is 10.1. The summed E-state index contributed by atoms with van der Waals surface area (Å²) in [5.74, 6) is -0.158. The predicted octanol–water partition coefficient (Wildman–Crippen LogP) is 7.19. The van der Waals surface area contributed by atoms with Crippen molar-refractivity contribution >= 4 is 28.1 Å². The Bertz CT molecular complexity index is 1880. The van der Waals surface area contributed by atoms with E-state index < -0.39 is 17.8 Å². The van der Waals surface area contributed by atoms with E-state index in [0.717, 1.165) is 28.0 Å². The molecule has 3 aromatic heterocycles. The normalized spacial score (nSPS) is 12.0. The van der Waals surface area contributed by atoms with Crippen LogP contribution < -0.4 is 5.32 Å². The van der Waals surface area contributed by atoms with Crippen LogP contribution in [-0.2, 0) is 12.7 Å². The Morgan fingerprint density at radius 1 is 0.927 bits per heavy atom. The van der Waals surface area contributed by atoms with Gasteiger partial charge in [0.2, 0.25) is 0 Å². The van der Waals surface area contributed by atoms with E-state index in [1.54, 1.807) is 29.1 Å². The van der Waals surface area contributed by atoms with Gasteiger partial charge < -0.3 is 5.32 Å². The number of carbonyl (C=O) groups is 1. The quantitative estimate of drug-likeness (QED) is 0.236. The van der Waals surface area contributed by atoms with Crippen LogP contribution >= 0.6 is 0 Å². The molecule has 0 unspecified atom stereocenters. The van der Waals surface area contributed by atoms with Crippen LogP contribution in [0, 0.1) is 0 Å². The molecule has 0 fully saturated rings. The summed E-state index contributed by atoms with van der Waals surface area (Å²) >= 11 is 0. The molecule has 0 saturated carbocycles. The lowest BCUT2D eigenvalue weighted by Gasteiger charge is -2.11. The number of fused-ring (bicyclic) bond motifs is 2. The number of aromatic nitrogens is 5. The summed E-state index contributed by atoms with van der Waals surface area (Å²) in [5, 5.41) is 13.2. The molecule has 0 aliphatic heterocycles. The van der Waals surface area contributed by atoms with Crippen molar-refractivity contribution in [3.05, 3.63) is 114 Å². The van der Waals surface area contributed by atoms with E-state index in [2.05, 4.69) is 20.5 Å². The highest BCUT2D eigenvalue weighted by Crippen LogP contribution is 2.33. The Morgan fingerprint density at radius 2 is 1.68 bits per heavy atom. The summed E-state index contributed by atoms with van der Waals surface area (Å²) < 4.78 is 44.4. The molecule has 0 aliphatic carbocycles. The average Bonchev–Trinajstić information content (AvgIpc) is 3.59. The molecule has 10 heteroatoms. The summed E-state index contributed by atoms with van der Waals surface area (Å²) in [6, 6.07) is 25.1. The van der Waals surface area contributed by atoms with Gasteiger partial charge in [-0.1, -0.05) is 80.6 Å². The van der Waals surface area contributed by atoms with Crippen molar-refractivity contribution in [2.24, 2.45) is 0 Å². The molecule has 41 heavy (non-hydrogen) atoms. The van der Waals surface area contributed by atoms with Gasteiger partial charge in [0.15, 0.2) is 22.9 Å². The number of rotatable bonds is 6. The van der Waals surface area contributed by atoms with Crippen molar-refractivity contribution in [1.29, 1.82) is 0 Å². The second-order valence-electron chi connectivity index (χ2n) is 10.1. The lowest BCUT2D eigenvalue weighted by atomic mass is 10.0. The molecule has 0 radical (unpaired) electrons. The molecule has 6 rings (SSSR count). The van der Waals surface area contributed by atoms with Gasteiger partial charge in [-0.3, -0.25) is 9.48 Å². The first kappa shape index (κ1) is 26.2. The number of nitrogens with one attached hydrogen (secondary N) is 1. The van der Waals surface area contributed by atoms with Crippen molar-refractivity contribution in [3.8, 4) is 11.3 Å². The van der Waals surface area contributed by atoms with Crippen molar-refractivity contribution in [3.63, 3.8) is 0 Å². The third-order valence-corrected chi connectivity index (χ3v) is 6.92. The lowest BCUT2D eigenvalue weighted by molar-refractivity contribution is -0.142. The zero-order valence-electron chi connectivity index (χ0n) is 22.2. The summed E-state index contributed by atoms with van der Waals surface area (Å²) in [6.07, 6.45) is -2.99. The highest BCUT2D eigenvalue weighted by atomic mass is 19.4. The van der Waals surface area contributed by atoms with Crippen molar-refractivity contribution in [2.75, 3.05) is 5.32 Å². The second kappa shape index (κ2) is 10.2. The largest absolute Gasteiger partial charge is 0.433 e. The Kier molecular flexibility index (Phi) is 6.53. The highest BCUT2D eigenvalue weighted by molar-refractivity contribution is 6.03. The predicted molar refractivity (Wildman–Crippen MR) is 151 cm³/mol. The minimum Gasteiger partial charge on any atom is -0.304 e. The van der Waals surface area contributed by atoms with Gasteiger partial charge in [0.05, 0.1) is 12.2 Å². The highest BCUT2D eigenvalue weighted by Gasteiger charge is 2.35. The molecule has 0 atom stereocenters. The standard InChI is InChI=1S/C31H25F3N6O/c1-19(2)20-10-12-22(13-11-20)25-16-27(31(32,33)34)40-29(35-25)17-26(37-40)30(41)36-28-14-15-39(38-28)18-23-8-5-7-21-6-3-4-9-24(21)23/h3-17,19H,18H2,1-2H3,(H,36,38,41). The van der Waals surface area contributed by atoms with Gasteiger partial charge in [-0.25, -0.2) is 9.50 Å². The Hall–Kier alpha value is -4.99. The molecular weight excluding hydrogens is 529 g/mol. The van der Waals surface area contributed by atoms with Gasteiger partial charge in [0.25, 0.3) is 5.91 Å². The topological polar surface area (TPSA) is 77.1 Å². The van der Waals surface area contributed by atoms with Crippen LogP contribution in [0.1, 0.15) is 47.1 Å². The van der Waals surface area contributed by atoms with Crippen LogP contribution in [0.4, 0.5) is 19.0 Å². The number of benzene rings is 3. The van der Waals surface area contributed by atoms with Crippen LogP contribution in [-0.4, -0.2) is 30.3 Å². The summed E-state index contributed by atoms with van der Waals surface area (Å²) in [6.45, 7) is 4.55. The number of anilines is 1. The number of alkyl halides is 3. The molecule has 1 amide bonds. The number of hydrogen-bond donors (Lipinski definition) is 1. The van der Waals surface area contributed by atoms with E-state index in [1.807, 2.05) is 68.4 Å². The van der Waals surface area contributed by atoms with Crippen LogP contribution in [0.3, 0.4) is 0 Å². The van der Waals surface area contributed by atoms with Crippen LogP contribution in [0.25, 0.3) is 27.7 Å². The Morgan fingerprint density at radius 3 is 2.44 bits per heavy atom. The van der Waals surface area contributed by atoms with E-state index in [4.69, 9.17) is 0 Å². The summed E-state index contributed by atoms with van der Waals surface area (Å²) in [7, 11) is 0. The van der Waals surface area contributed by atoms with E-state index in [0.29, 0.717) is 16.6 Å². The van der Waals surface area contributed by atoms with E-state index in [-0.39, 0.29) is 28.8 Å². The molecule has 6 aromatic rings. The first-order valence-corrected chi connectivity index (χ1v) is 13.1. The van der Waals surface area contributed by atoms with Gasteiger partial charge in [-0.15, -0.1) is 0 Å². The van der Waals surface area contributed by atoms with Crippen LogP contribution in [0.15, 0.2) is 91.1 Å². The fourth-order valence-electron chi connectivity index (χ4n) is 4.78. The molecule has 0 bridgehead atoms. The van der Waals surface area contributed by atoms with Gasteiger partial charge in [-0.2, -0.15) is 23.4 Å². The first-order chi connectivity index (χ1) is 19.7. The van der Waals surface area contributed by atoms with E-state index >= 15 is 0 Å². The smallest absolute Gasteiger partial charge is 0.304 e. The molecule has 1 N–H and O–H groups in total. The molecule has 3 aromatic carbocycles. The van der Waals surface area contributed by atoms with Gasteiger partial charge in [-0.05, 0) is 33.9 Å². The van der Waals surface area contributed by atoms with E-state index in [9.17, 15) is 18.0 Å². The number of amides is 1. The maximum Gasteiger partial charge on any atom is 0.433 e. The Labute approximate surface area is 233 Å². The van der Waals surface area contributed by atoms with Gasteiger partial charge in [0, 0.05) is 23.9 Å². The van der Waals surface area contributed by atoms with Gasteiger partial charge >= 0.3 is 6.18 Å². The number of halogens is 3. The maximum absolute atomic E-state index is 14.0. The van der Waals surface area contributed by atoms with Gasteiger partial charge in [0.1, 0.15) is 0 Å². The SMILES string of the molecule is CC(C)c1ccc(-c2cc(C(F)(F)F)n3nc(C(=O)Nc4ccn(Cc5cccc6ccccc56)n4)cc3n2)cc1. The first-order valence-electron chi connectivity index (χ1n) is 13.1. The molecular formula is C31H25F3N6O.